The van der Waals surface area contributed by atoms with Gasteiger partial charge in [0.15, 0.2) is 11.5 Å². The Labute approximate surface area is 128 Å². The first kappa shape index (κ1) is 14.2. The van der Waals surface area contributed by atoms with Gasteiger partial charge in [0, 0.05) is 42.3 Å². The van der Waals surface area contributed by atoms with Crippen molar-refractivity contribution in [1.29, 1.82) is 0 Å². The normalized spacial score (nSPS) is 21.7. The zero-order valence-corrected chi connectivity index (χ0v) is 13.3. The van der Waals surface area contributed by atoms with Gasteiger partial charge in [0.2, 0.25) is 0 Å². The summed E-state index contributed by atoms with van der Waals surface area (Å²) in [6, 6.07) is 4.17. The van der Waals surface area contributed by atoms with Crippen LogP contribution in [0.15, 0.2) is 16.6 Å². The molecular formula is C15H21BrN2O2. The Hall–Kier alpha value is -0.780. The lowest BCUT2D eigenvalue weighted by Crippen LogP contribution is -2.45. The van der Waals surface area contributed by atoms with Crippen LogP contribution in [0.2, 0.25) is 0 Å². The molecule has 0 radical (unpaired) electrons. The number of ether oxygens (including phenoxy) is 1. The number of hydrogen-bond acceptors (Lipinski definition) is 4. The molecule has 0 amide bonds. The van der Waals surface area contributed by atoms with Crippen LogP contribution in [0.3, 0.4) is 0 Å². The van der Waals surface area contributed by atoms with E-state index in [9.17, 15) is 5.11 Å². The van der Waals surface area contributed by atoms with Crippen molar-refractivity contribution < 1.29 is 9.84 Å². The number of hydrogen-bond donors (Lipinski definition) is 2. The summed E-state index contributed by atoms with van der Waals surface area (Å²) >= 11 is 3.53. The number of benzene rings is 1. The van der Waals surface area contributed by atoms with Gasteiger partial charge in [-0.25, -0.2) is 0 Å². The standard InChI is InChI=1S/C15H21BrN2O2/c1-20-13-9-11(16)8-12(15(13)19)14(10-2-3-10)18-6-4-17-5-7-18/h8-10,14,17,19H,2-7H2,1H3/t14-/m1/s1. The van der Waals surface area contributed by atoms with E-state index in [0.29, 0.717) is 23.5 Å². The third kappa shape index (κ3) is 2.80. The van der Waals surface area contributed by atoms with Crippen molar-refractivity contribution in [2.45, 2.75) is 18.9 Å². The van der Waals surface area contributed by atoms with E-state index in [4.69, 9.17) is 4.74 Å². The lowest BCUT2D eigenvalue weighted by Gasteiger charge is -2.36. The molecule has 1 heterocycles. The summed E-state index contributed by atoms with van der Waals surface area (Å²) in [4.78, 5) is 2.50. The molecule has 0 bridgehead atoms. The molecule has 1 aromatic carbocycles. The van der Waals surface area contributed by atoms with Crippen molar-refractivity contribution in [3.8, 4) is 11.5 Å². The van der Waals surface area contributed by atoms with Crippen LogP contribution in [0.4, 0.5) is 0 Å². The van der Waals surface area contributed by atoms with Crippen LogP contribution in [-0.4, -0.2) is 43.3 Å². The predicted molar refractivity (Wildman–Crippen MR) is 82.3 cm³/mol. The molecule has 4 nitrogen and oxygen atoms in total. The molecule has 1 saturated heterocycles. The maximum absolute atomic E-state index is 10.5. The average Bonchev–Trinajstić information content (AvgIpc) is 3.28. The fraction of sp³-hybridized carbons (Fsp3) is 0.600. The number of phenolic OH excluding ortho intramolecular Hbond substituents is 1. The number of piperazine rings is 1. The van der Waals surface area contributed by atoms with E-state index in [2.05, 4.69) is 26.1 Å². The molecule has 1 aromatic rings. The Morgan fingerprint density at radius 2 is 2.05 bits per heavy atom. The Balaban J connectivity index is 1.96. The highest BCUT2D eigenvalue weighted by Crippen LogP contribution is 2.49. The number of halogens is 1. The highest BCUT2D eigenvalue weighted by molar-refractivity contribution is 9.10. The van der Waals surface area contributed by atoms with Crippen LogP contribution >= 0.6 is 15.9 Å². The van der Waals surface area contributed by atoms with E-state index >= 15 is 0 Å². The van der Waals surface area contributed by atoms with E-state index in [1.165, 1.54) is 12.8 Å². The minimum Gasteiger partial charge on any atom is -0.504 e. The summed E-state index contributed by atoms with van der Waals surface area (Å²) in [6.07, 6.45) is 2.51. The second-order valence-electron chi connectivity index (χ2n) is 5.61. The predicted octanol–water partition coefficient (Wildman–Crippen LogP) is 2.52. The lowest BCUT2D eigenvalue weighted by atomic mass is 9.98. The highest BCUT2D eigenvalue weighted by Gasteiger charge is 2.38. The fourth-order valence-electron chi connectivity index (χ4n) is 3.10. The van der Waals surface area contributed by atoms with Gasteiger partial charge in [-0.15, -0.1) is 0 Å². The molecule has 110 valence electrons. The van der Waals surface area contributed by atoms with Gasteiger partial charge in [-0.2, -0.15) is 0 Å². The first-order valence-electron chi connectivity index (χ1n) is 7.22. The van der Waals surface area contributed by atoms with E-state index in [1.54, 1.807) is 7.11 Å². The van der Waals surface area contributed by atoms with E-state index in [1.807, 2.05) is 12.1 Å². The molecule has 0 unspecified atom stereocenters. The maximum Gasteiger partial charge on any atom is 0.162 e. The summed E-state index contributed by atoms with van der Waals surface area (Å²) in [6.45, 7) is 4.12. The summed E-state index contributed by atoms with van der Waals surface area (Å²) < 4.78 is 6.25. The molecule has 0 spiro atoms. The third-order valence-electron chi connectivity index (χ3n) is 4.22. The smallest absolute Gasteiger partial charge is 0.162 e. The Bertz CT molecular complexity index is 485. The molecule has 1 aliphatic carbocycles. The molecule has 2 aliphatic rings. The quantitative estimate of drug-likeness (QED) is 0.883. The number of methoxy groups -OCH3 is 1. The first-order chi connectivity index (χ1) is 9.70. The second kappa shape index (κ2) is 5.92. The highest BCUT2D eigenvalue weighted by atomic mass is 79.9. The van der Waals surface area contributed by atoms with Crippen LogP contribution in [0.5, 0.6) is 11.5 Å². The van der Waals surface area contributed by atoms with Crippen molar-refractivity contribution >= 4 is 15.9 Å². The maximum atomic E-state index is 10.5. The molecular weight excluding hydrogens is 320 g/mol. The van der Waals surface area contributed by atoms with Crippen molar-refractivity contribution in [1.82, 2.24) is 10.2 Å². The van der Waals surface area contributed by atoms with Crippen molar-refractivity contribution in [2.75, 3.05) is 33.3 Å². The average molecular weight is 341 g/mol. The summed E-state index contributed by atoms with van der Waals surface area (Å²) in [5.41, 5.74) is 1.00. The Morgan fingerprint density at radius 1 is 1.35 bits per heavy atom. The molecule has 0 aromatic heterocycles. The monoisotopic (exact) mass is 340 g/mol. The zero-order valence-electron chi connectivity index (χ0n) is 11.7. The minimum atomic E-state index is 0.297. The minimum absolute atomic E-state index is 0.297. The summed E-state index contributed by atoms with van der Waals surface area (Å²) in [5, 5.41) is 13.9. The SMILES string of the molecule is COc1cc(Br)cc([C@@H](C2CC2)N2CCNCC2)c1O. The number of nitrogens with zero attached hydrogens (tertiary/aromatic N) is 1. The Kier molecular flexibility index (Phi) is 4.19. The van der Waals surface area contributed by atoms with Crippen molar-refractivity contribution in [2.24, 2.45) is 5.92 Å². The van der Waals surface area contributed by atoms with Crippen LogP contribution in [0, 0.1) is 5.92 Å². The molecule has 1 aliphatic heterocycles. The van der Waals surface area contributed by atoms with Crippen LogP contribution in [0.25, 0.3) is 0 Å². The molecule has 5 heteroatoms. The van der Waals surface area contributed by atoms with E-state index in [0.717, 1.165) is 36.2 Å². The van der Waals surface area contributed by atoms with Gasteiger partial charge in [0.1, 0.15) is 0 Å². The van der Waals surface area contributed by atoms with Gasteiger partial charge in [0.05, 0.1) is 7.11 Å². The zero-order chi connectivity index (χ0) is 14.1. The largest absolute Gasteiger partial charge is 0.504 e. The number of phenols is 1. The topological polar surface area (TPSA) is 44.7 Å². The summed E-state index contributed by atoms with van der Waals surface area (Å²) in [7, 11) is 1.60. The van der Waals surface area contributed by atoms with Crippen molar-refractivity contribution in [3.63, 3.8) is 0 Å². The van der Waals surface area contributed by atoms with Crippen LogP contribution in [0.1, 0.15) is 24.4 Å². The van der Waals surface area contributed by atoms with Gasteiger partial charge in [0.25, 0.3) is 0 Å². The van der Waals surface area contributed by atoms with E-state index in [-0.39, 0.29) is 0 Å². The number of rotatable bonds is 4. The van der Waals surface area contributed by atoms with Gasteiger partial charge in [-0.3, -0.25) is 4.90 Å². The lowest BCUT2D eigenvalue weighted by molar-refractivity contribution is 0.153. The van der Waals surface area contributed by atoms with Gasteiger partial charge < -0.3 is 15.2 Å². The second-order valence-corrected chi connectivity index (χ2v) is 6.53. The fourth-order valence-corrected chi connectivity index (χ4v) is 3.55. The summed E-state index contributed by atoms with van der Waals surface area (Å²) in [5.74, 6) is 1.51. The number of aromatic hydroxyl groups is 1. The number of nitrogens with one attached hydrogen (secondary N) is 1. The van der Waals surface area contributed by atoms with Gasteiger partial charge in [-0.05, 0) is 30.9 Å². The first-order valence-corrected chi connectivity index (χ1v) is 8.01. The molecule has 1 atom stereocenters. The molecule has 1 saturated carbocycles. The third-order valence-corrected chi connectivity index (χ3v) is 4.68. The molecule has 2 fully saturated rings. The molecule has 3 rings (SSSR count). The van der Waals surface area contributed by atoms with Crippen molar-refractivity contribution in [3.05, 3.63) is 22.2 Å². The Morgan fingerprint density at radius 3 is 2.65 bits per heavy atom. The molecule has 20 heavy (non-hydrogen) atoms. The van der Waals surface area contributed by atoms with Gasteiger partial charge in [-0.1, -0.05) is 15.9 Å². The van der Waals surface area contributed by atoms with Gasteiger partial charge >= 0.3 is 0 Å². The van der Waals surface area contributed by atoms with Crippen LogP contribution in [-0.2, 0) is 0 Å². The molecule has 2 N–H and O–H groups in total. The van der Waals surface area contributed by atoms with E-state index < -0.39 is 0 Å². The van der Waals surface area contributed by atoms with Crippen LogP contribution < -0.4 is 10.1 Å².